The van der Waals surface area contributed by atoms with E-state index in [-0.39, 0.29) is 40.1 Å². The number of allylic oxidation sites excluding steroid dienone is 2. The number of aliphatic carboxylic acids is 1. The zero-order valence-corrected chi connectivity index (χ0v) is 22.0. The summed E-state index contributed by atoms with van der Waals surface area (Å²) in [6.45, 7) is 13.1. The van der Waals surface area contributed by atoms with Gasteiger partial charge in [-0.2, -0.15) is 0 Å². The molecule has 34 heavy (non-hydrogen) atoms. The number of aliphatic hydroxyl groups excluding tert-OH is 3. The fourth-order valence-corrected chi connectivity index (χ4v) is 9.51. The summed E-state index contributed by atoms with van der Waals surface area (Å²) < 4.78 is 0. The van der Waals surface area contributed by atoms with Crippen molar-refractivity contribution in [3.05, 3.63) is 22.8 Å². The topological polar surface area (TPSA) is 98.0 Å². The van der Waals surface area contributed by atoms with Gasteiger partial charge in [0.2, 0.25) is 0 Å². The smallest absolute Gasteiger partial charge is 0.331 e. The molecule has 0 spiro atoms. The first-order valence-electron chi connectivity index (χ1n) is 13.4. The van der Waals surface area contributed by atoms with E-state index in [9.17, 15) is 25.2 Å². The van der Waals surface area contributed by atoms with E-state index in [0.717, 1.165) is 31.3 Å². The number of carbonyl (C=O) groups is 1. The minimum Gasteiger partial charge on any atom is -0.478 e. The summed E-state index contributed by atoms with van der Waals surface area (Å²) in [4.78, 5) is 12.4. The minimum atomic E-state index is -0.937. The third-order valence-electron chi connectivity index (χ3n) is 11.3. The normalized spacial score (nSPS) is 49.5. The number of carboxylic acid groups (broad SMARTS) is 1. The van der Waals surface area contributed by atoms with Crippen molar-refractivity contribution in [1.82, 2.24) is 0 Å². The third kappa shape index (κ3) is 3.64. The van der Waals surface area contributed by atoms with Gasteiger partial charge in [-0.3, -0.25) is 0 Å². The Morgan fingerprint density at radius 2 is 1.71 bits per heavy atom. The predicted molar refractivity (Wildman–Crippen MR) is 133 cm³/mol. The molecule has 4 rings (SSSR count). The molecule has 0 radical (unpaired) electrons. The molecule has 4 aliphatic carbocycles. The van der Waals surface area contributed by atoms with Gasteiger partial charge in [0, 0.05) is 5.57 Å². The summed E-state index contributed by atoms with van der Waals surface area (Å²) in [6.07, 6.45) is 6.25. The zero-order chi connectivity index (χ0) is 25.2. The van der Waals surface area contributed by atoms with Crippen molar-refractivity contribution >= 4 is 5.97 Å². The summed E-state index contributed by atoms with van der Waals surface area (Å²) in [5.41, 5.74) is 1.66. The molecule has 0 aliphatic heterocycles. The molecule has 10 atom stereocenters. The second-order valence-corrected chi connectivity index (χ2v) is 13.1. The summed E-state index contributed by atoms with van der Waals surface area (Å²) >= 11 is 0. The maximum Gasteiger partial charge on any atom is 0.331 e. The van der Waals surface area contributed by atoms with Gasteiger partial charge in [-0.05, 0) is 111 Å². The van der Waals surface area contributed by atoms with Gasteiger partial charge in [0.25, 0.3) is 0 Å². The fourth-order valence-electron chi connectivity index (χ4n) is 9.51. The third-order valence-corrected chi connectivity index (χ3v) is 11.3. The summed E-state index contributed by atoms with van der Waals surface area (Å²) in [5.74, 6) is -0.375. The van der Waals surface area contributed by atoms with Gasteiger partial charge in [0.15, 0.2) is 0 Å². The highest BCUT2D eigenvalue weighted by Crippen LogP contribution is 2.74. The van der Waals surface area contributed by atoms with Gasteiger partial charge >= 0.3 is 5.97 Å². The van der Waals surface area contributed by atoms with Crippen LogP contribution in [0.4, 0.5) is 0 Å². The molecule has 0 aromatic carbocycles. The van der Waals surface area contributed by atoms with Crippen LogP contribution in [0.15, 0.2) is 22.8 Å². The van der Waals surface area contributed by atoms with Crippen LogP contribution in [0.5, 0.6) is 0 Å². The molecule has 0 bridgehead atoms. The van der Waals surface area contributed by atoms with E-state index in [1.54, 1.807) is 0 Å². The lowest BCUT2D eigenvalue weighted by molar-refractivity contribution is -0.233. The number of hydrogen-bond acceptors (Lipinski definition) is 4. The van der Waals surface area contributed by atoms with Gasteiger partial charge in [-0.15, -0.1) is 0 Å². The average Bonchev–Trinajstić information content (AvgIpc) is 2.99. The Bertz CT molecular complexity index is 887. The predicted octanol–water partition coefficient (Wildman–Crippen LogP) is 5.10. The molecule has 0 amide bonds. The van der Waals surface area contributed by atoms with Crippen LogP contribution in [0.25, 0.3) is 0 Å². The average molecular weight is 475 g/mol. The van der Waals surface area contributed by atoms with Crippen LogP contribution < -0.4 is 0 Å². The second-order valence-electron chi connectivity index (χ2n) is 13.1. The van der Waals surface area contributed by atoms with Crippen LogP contribution >= 0.6 is 0 Å². The van der Waals surface area contributed by atoms with Gasteiger partial charge < -0.3 is 20.4 Å². The molecule has 4 saturated carbocycles. The van der Waals surface area contributed by atoms with Crippen molar-refractivity contribution < 1.29 is 25.2 Å². The Hall–Kier alpha value is -1.17. The van der Waals surface area contributed by atoms with E-state index in [4.69, 9.17) is 0 Å². The SMILES string of the molecule is CC(C)=CCCC(C(=O)O)=C1[C@H](O)C[C@@]2(C)[C@H]1C[C@@H](O)[C@H]1[C@@]3(C)CC[C@@H](O)[C@@H](C)[C@@H]3CC[C@@]12C. The van der Waals surface area contributed by atoms with Crippen molar-refractivity contribution in [1.29, 1.82) is 0 Å². The monoisotopic (exact) mass is 474 g/mol. The Balaban J connectivity index is 1.76. The molecule has 5 heteroatoms. The van der Waals surface area contributed by atoms with Crippen LogP contribution in [0, 0.1) is 39.9 Å². The highest BCUT2D eigenvalue weighted by Gasteiger charge is 2.70. The van der Waals surface area contributed by atoms with Gasteiger partial charge in [-0.25, -0.2) is 4.79 Å². The Kier molecular flexibility index (Phi) is 6.66. The number of aliphatic hydroxyl groups is 3. The molecule has 4 fully saturated rings. The highest BCUT2D eigenvalue weighted by atomic mass is 16.4. The van der Waals surface area contributed by atoms with Gasteiger partial charge in [0.1, 0.15) is 0 Å². The molecular weight excluding hydrogens is 428 g/mol. The maximum absolute atomic E-state index is 12.4. The Labute approximate surface area is 205 Å². The van der Waals surface area contributed by atoms with Crippen LogP contribution in [-0.2, 0) is 4.79 Å². The number of rotatable bonds is 4. The van der Waals surface area contributed by atoms with Crippen LogP contribution in [0.1, 0.15) is 92.9 Å². The van der Waals surface area contributed by atoms with Gasteiger partial charge in [0.05, 0.1) is 18.3 Å². The lowest BCUT2D eigenvalue weighted by Crippen LogP contribution is -2.65. The number of carboxylic acids is 1. The molecule has 0 unspecified atom stereocenters. The van der Waals surface area contributed by atoms with Crippen molar-refractivity contribution in [2.45, 2.75) is 111 Å². The first-order valence-corrected chi connectivity index (χ1v) is 13.4. The lowest BCUT2D eigenvalue weighted by atomic mass is 9.36. The molecule has 0 aromatic rings. The molecule has 5 nitrogen and oxygen atoms in total. The Morgan fingerprint density at radius 3 is 2.32 bits per heavy atom. The highest BCUT2D eigenvalue weighted by molar-refractivity contribution is 5.88. The first-order chi connectivity index (χ1) is 15.8. The standard InChI is InChI=1S/C29H46O5/c1-16(2)8-7-9-18(26(33)34)24-20-14-22(31)25-27(4)12-11-21(30)17(3)19(27)10-13-28(25,5)29(20,6)15-23(24)32/h8,17,19-23,25,30-32H,7,9-15H2,1-6H3,(H,33,34)/t17-,19-,20-,21+,22+,23+,25-,27-,28-,29-/m0/s1. The molecular formula is C29H46O5. The van der Waals surface area contributed by atoms with Crippen LogP contribution in [-0.4, -0.2) is 44.7 Å². The number of hydrogen-bond donors (Lipinski definition) is 4. The summed E-state index contributed by atoms with van der Waals surface area (Å²) in [5, 5.41) is 43.8. The van der Waals surface area contributed by atoms with E-state index < -0.39 is 18.2 Å². The van der Waals surface area contributed by atoms with Crippen molar-refractivity contribution in [3.8, 4) is 0 Å². The quantitative estimate of drug-likeness (QED) is 0.336. The van der Waals surface area contributed by atoms with E-state index in [1.165, 1.54) is 0 Å². The van der Waals surface area contributed by atoms with Crippen molar-refractivity contribution in [3.63, 3.8) is 0 Å². The minimum absolute atomic E-state index is 0.0600. The largest absolute Gasteiger partial charge is 0.478 e. The number of fused-ring (bicyclic) bond motifs is 5. The van der Waals surface area contributed by atoms with Gasteiger partial charge in [-0.1, -0.05) is 39.3 Å². The van der Waals surface area contributed by atoms with Crippen LogP contribution in [0.2, 0.25) is 0 Å². The molecule has 0 aromatic heterocycles. The first kappa shape index (κ1) is 25.9. The van der Waals surface area contributed by atoms with Crippen molar-refractivity contribution in [2.75, 3.05) is 0 Å². The van der Waals surface area contributed by atoms with E-state index in [2.05, 4.69) is 33.8 Å². The molecule has 4 N–H and O–H groups in total. The van der Waals surface area contributed by atoms with E-state index in [1.807, 2.05) is 13.8 Å². The Morgan fingerprint density at radius 1 is 1.03 bits per heavy atom. The molecule has 0 saturated heterocycles. The van der Waals surface area contributed by atoms with Crippen molar-refractivity contribution in [2.24, 2.45) is 39.9 Å². The maximum atomic E-state index is 12.4. The van der Waals surface area contributed by atoms with E-state index in [0.29, 0.717) is 42.7 Å². The van der Waals surface area contributed by atoms with Crippen LogP contribution in [0.3, 0.4) is 0 Å². The lowest BCUT2D eigenvalue weighted by Gasteiger charge is -2.69. The molecule has 4 aliphatic rings. The summed E-state index contributed by atoms with van der Waals surface area (Å²) in [7, 11) is 0. The zero-order valence-electron chi connectivity index (χ0n) is 22.0. The fraction of sp³-hybridized carbons (Fsp3) is 0.828. The van der Waals surface area contributed by atoms with E-state index >= 15 is 0 Å². The second kappa shape index (κ2) is 8.74. The molecule has 192 valence electrons. The molecule has 0 heterocycles. The summed E-state index contributed by atoms with van der Waals surface area (Å²) in [6, 6.07) is 0.